The van der Waals surface area contributed by atoms with E-state index in [0.29, 0.717) is 5.56 Å². The van der Waals surface area contributed by atoms with Gasteiger partial charge in [0.05, 0.1) is 16.5 Å². The number of hydrogen-bond acceptors (Lipinski definition) is 2. The Bertz CT molecular complexity index is 3080. The maximum absolute atomic E-state index is 9.26. The Hall–Kier alpha value is -7.36. The van der Waals surface area contributed by atoms with Crippen LogP contribution in [-0.2, 0) is 0 Å². The van der Waals surface area contributed by atoms with Crippen molar-refractivity contribution in [1.29, 1.82) is 0 Å². The van der Waals surface area contributed by atoms with Crippen molar-refractivity contribution >= 4 is 66.7 Å². The summed E-state index contributed by atoms with van der Waals surface area (Å²) in [5.74, 6) is 0. The standard InChI is InChI=1S/C52H37N3/c1-5-15-42(16-6-1)53(43-17-7-2-8-18-43)46-30-27-38(28-31-46)39-25-26-41-36-47(32-29-40(41)35-39)54(44-19-9-3-10-20-44)48-33-34-50-49-23-13-14-24-51(49)55(52(50)37-48)45-21-11-4-12-22-45/h1-37H/i27D,28D,30D,31D. The van der Waals surface area contributed by atoms with E-state index in [9.17, 15) is 5.48 Å². The molecule has 1 heterocycles. The Labute approximate surface area is 326 Å². The molecule has 0 fully saturated rings. The van der Waals surface area contributed by atoms with Gasteiger partial charge in [-0.3, -0.25) is 0 Å². The predicted octanol–water partition coefficient (Wildman–Crippen LogP) is 14.5. The van der Waals surface area contributed by atoms with Crippen molar-refractivity contribution in [1.82, 2.24) is 4.57 Å². The summed E-state index contributed by atoms with van der Waals surface area (Å²) in [6.45, 7) is 0. The highest BCUT2D eigenvalue weighted by atomic mass is 15.1. The van der Waals surface area contributed by atoms with Crippen molar-refractivity contribution in [2.24, 2.45) is 0 Å². The van der Waals surface area contributed by atoms with Crippen LogP contribution < -0.4 is 9.80 Å². The van der Waals surface area contributed by atoms with E-state index in [0.717, 1.165) is 55.9 Å². The van der Waals surface area contributed by atoms with Gasteiger partial charge in [-0.1, -0.05) is 127 Å². The van der Waals surface area contributed by atoms with Crippen LogP contribution in [0.4, 0.5) is 34.1 Å². The number of rotatable bonds is 8. The number of benzene rings is 9. The molecule has 0 N–H and O–H groups in total. The van der Waals surface area contributed by atoms with E-state index >= 15 is 0 Å². The molecule has 1 aromatic heterocycles. The predicted molar refractivity (Wildman–Crippen MR) is 233 cm³/mol. The van der Waals surface area contributed by atoms with E-state index in [-0.39, 0.29) is 35.4 Å². The van der Waals surface area contributed by atoms with Crippen molar-refractivity contribution in [3.8, 4) is 16.8 Å². The van der Waals surface area contributed by atoms with Crippen molar-refractivity contribution in [3.63, 3.8) is 0 Å². The molecule has 10 rings (SSSR count). The lowest BCUT2D eigenvalue weighted by Gasteiger charge is -2.26. The fourth-order valence-electron chi connectivity index (χ4n) is 7.63. The van der Waals surface area contributed by atoms with Gasteiger partial charge in [0.2, 0.25) is 0 Å². The molecule has 260 valence electrons. The molecule has 3 heteroatoms. The number of hydrogen-bond donors (Lipinski definition) is 0. The first-order chi connectivity index (χ1) is 29.0. The highest BCUT2D eigenvalue weighted by molar-refractivity contribution is 6.10. The number of fused-ring (bicyclic) bond motifs is 4. The molecule has 0 spiro atoms. The summed E-state index contributed by atoms with van der Waals surface area (Å²) in [6.07, 6.45) is 0. The van der Waals surface area contributed by atoms with E-state index < -0.39 is 0 Å². The van der Waals surface area contributed by atoms with Crippen LogP contribution >= 0.6 is 0 Å². The minimum absolute atomic E-state index is 0.0904. The first-order valence-electron chi connectivity index (χ1n) is 20.4. The monoisotopic (exact) mass is 707 g/mol. The molecule has 0 atom stereocenters. The molecule has 9 aromatic carbocycles. The summed E-state index contributed by atoms with van der Waals surface area (Å²) in [4.78, 5) is 4.07. The van der Waals surface area contributed by atoms with Crippen LogP contribution in [0.2, 0.25) is 0 Å². The van der Waals surface area contributed by atoms with Crippen LogP contribution in [0, 0.1) is 0 Å². The SMILES string of the molecule is [2H]c1c([2H])c(N(c2ccccc2)c2ccccc2)c([2H])c([2H])c1-c1ccc2cc(N(c3ccccc3)c3ccc4c5ccccc5n(-c5ccccc5)c4c3)ccc2c1. The number of nitrogens with zero attached hydrogens (tertiary/aromatic N) is 3. The summed E-state index contributed by atoms with van der Waals surface area (Å²) in [7, 11) is 0. The molecular weight excluding hydrogens is 667 g/mol. The second-order valence-corrected chi connectivity index (χ2v) is 13.5. The molecule has 0 saturated carbocycles. The van der Waals surface area contributed by atoms with Gasteiger partial charge >= 0.3 is 0 Å². The van der Waals surface area contributed by atoms with Gasteiger partial charge in [-0.05, 0) is 119 Å². The zero-order valence-corrected chi connectivity index (χ0v) is 29.9. The lowest BCUT2D eigenvalue weighted by Crippen LogP contribution is -2.10. The van der Waals surface area contributed by atoms with Crippen LogP contribution in [0.3, 0.4) is 0 Å². The lowest BCUT2D eigenvalue weighted by molar-refractivity contribution is 1.18. The summed E-state index contributed by atoms with van der Waals surface area (Å²) in [5, 5.41) is 4.29. The van der Waals surface area contributed by atoms with Crippen LogP contribution in [0.1, 0.15) is 5.48 Å². The van der Waals surface area contributed by atoms with Gasteiger partial charge in [0.15, 0.2) is 0 Å². The van der Waals surface area contributed by atoms with E-state index in [4.69, 9.17) is 0 Å². The summed E-state index contributed by atoms with van der Waals surface area (Å²) >= 11 is 0. The summed E-state index contributed by atoms with van der Waals surface area (Å²) in [6, 6.07) is 67.0. The second kappa shape index (κ2) is 13.9. The highest BCUT2D eigenvalue weighted by Crippen LogP contribution is 2.41. The molecule has 0 radical (unpaired) electrons. The smallest absolute Gasteiger partial charge is 0.0645 e. The average molecular weight is 708 g/mol. The second-order valence-electron chi connectivity index (χ2n) is 13.5. The molecule has 0 unspecified atom stereocenters. The fourth-order valence-corrected chi connectivity index (χ4v) is 7.63. The third-order valence-electron chi connectivity index (χ3n) is 10.2. The van der Waals surface area contributed by atoms with Crippen LogP contribution in [0.25, 0.3) is 49.4 Å². The van der Waals surface area contributed by atoms with Gasteiger partial charge < -0.3 is 14.4 Å². The molecule has 55 heavy (non-hydrogen) atoms. The van der Waals surface area contributed by atoms with Crippen LogP contribution in [0.15, 0.2) is 224 Å². The minimum Gasteiger partial charge on any atom is -0.311 e. The quantitative estimate of drug-likeness (QED) is 0.156. The molecule has 3 nitrogen and oxygen atoms in total. The number of aromatic nitrogens is 1. The fraction of sp³-hybridized carbons (Fsp3) is 0. The first kappa shape index (κ1) is 28.2. The zero-order valence-electron chi connectivity index (χ0n) is 33.9. The molecule has 0 amide bonds. The normalized spacial score (nSPS) is 12.3. The van der Waals surface area contributed by atoms with Crippen LogP contribution in [-0.4, -0.2) is 4.57 Å². The molecule has 0 saturated heterocycles. The van der Waals surface area contributed by atoms with Crippen molar-refractivity contribution in [3.05, 3.63) is 224 Å². The van der Waals surface area contributed by atoms with E-state index in [1.807, 2.05) is 91.0 Å². The Morgan fingerprint density at radius 3 is 1.47 bits per heavy atom. The van der Waals surface area contributed by atoms with E-state index in [1.165, 1.54) is 10.8 Å². The van der Waals surface area contributed by atoms with Crippen molar-refractivity contribution < 1.29 is 5.48 Å². The largest absolute Gasteiger partial charge is 0.311 e. The topological polar surface area (TPSA) is 11.4 Å². The maximum Gasteiger partial charge on any atom is 0.0645 e. The Morgan fingerprint density at radius 1 is 0.327 bits per heavy atom. The van der Waals surface area contributed by atoms with E-state index in [1.54, 1.807) is 4.90 Å². The van der Waals surface area contributed by atoms with Crippen LogP contribution in [0.5, 0.6) is 0 Å². The molecule has 10 aromatic rings. The van der Waals surface area contributed by atoms with Gasteiger partial charge in [0.25, 0.3) is 0 Å². The first-order valence-corrected chi connectivity index (χ1v) is 18.4. The third kappa shape index (κ3) is 5.98. The molecule has 0 bridgehead atoms. The molecule has 0 aliphatic carbocycles. The lowest BCUT2D eigenvalue weighted by atomic mass is 10.00. The Morgan fingerprint density at radius 2 is 0.818 bits per heavy atom. The van der Waals surface area contributed by atoms with Gasteiger partial charge in [-0.25, -0.2) is 0 Å². The van der Waals surface area contributed by atoms with Gasteiger partial charge in [0.1, 0.15) is 0 Å². The third-order valence-corrected chi connectivity index (χ3v) is 10.2. The Balaban J connectivity index is 1.08. The number of anilines is 6. The van der Waals surface area contributed by atoms with Gasteiger partial charge in [-0.15, -0.1) is 0 Å². The van der Waals surface area contributed by atoms with E-state index in [2.05, 4.69) is 119 Å². The number of para-hydroxylation sites is 5. The summed E-state index contributed by atoms with van der Waals surface area (Å²) in [5.41, 5.74) is 8.98. The molecular formula is C52H37N3. The highest BCUT2D eigenvalue weighted by Gasteiger charge is 2.18. The maximum atomic E-state index is 9.26. The van der Waals surface area contributed by atoms with Gasteiger partial charge in [0, 0.05) is 50.6 Å². The zero-order chi connectivity index (χ0) is 40.0. The molecule has 0 aliphatic rings. The Kier molecular flexibility index (Phi) is 7.12. The minimum atomic E-state index is -0.106. The van der Waals surface area contributed by atoms with Crippen molar-refractivity contribution in [2.45, 2.75) is 0 Å². The summed E-state index contributed by atoms with van der Waals surface area (Å²) < 4.78 is 39.4. The van der Waals surface area contributed by atoms with Crippen molar-refractivity contribution in [2.75, 3.05) is 9.80 Å². The van der Waals surface area contributed by atoms with Gasteiger partial charge in [-0.2, -0.15) is 0 Å². The average Bonchev–Trinajstić information content (AvgIpc) is 3.62. The molecule has 0 aliphatic heterocycles.